The first-order valence-corrected chi connectivity index (χ1v) is 7.88. The summed E-state index contributed by atoms with van der Waals surface area (Å²) < 4.78 is 0. The van der Waals surface area contributed by atoms with Crippen molar-refractivity contribution in [1.29, 1.82) is 0 Å². The molecular weight excluding hydrogens is 280 g/mol. The molecule has 1 aliphatic rings. The summed E-state index contributed by atoms with van der Waals surface area (Å²) in [5.41, 5.74) is 0.948. The highest BCUT2D eigenvalue weighted by atomic mass is 16.3. The van der Waals surface area contributed by atoms with Gasteiger partial charge >= 0.3 is 11.8 Å². The lowest BCUT2D eigenvalue weighted by atomic mass is 10.0. The average molecular weight is 304 g/mol. The van der Waals surface area contributed by atoms with Gasteiger partial charge in [0.15, 0.2) is 0 Å². The van der Waals surface area contributed by atoms with E-state index in [9.17, 15) is 14.7 Å². The Morgan fingerprint density at radius 1 is 1.27 bits per heavy atom. The maximum Gasteiger partial charge on any atom is 0.312 e. The van der Waals surface area contributed by atoms with Crippen LogP contribution in [0.3, 0.4) is 0 Å². The zero-order chi connectivity index (χ0) is 15.9. The van der Waals surface area contributed by atoms with Gasteiger partial charge in [-0.15, -0.1) is 0 Å². The fraction of sp³-hybridized carbons (Fsp3) is 0.529. The van der Waals surface area contributed by atoms with E-state index < -0.39 is 11.8 Å². The van der Waals surface area contributed by atoms with E-state index in [4.69, 9.17) is 0 Å². The fourth-order valence-electron chi connectivity index (χ4n) is 2.83. The predicted octanol–water partition coefficient (Wildman–Crippen LogP) is 1.41. The summed E-state index contributed by atoms with van der Waals surface area (Å²) in [6, 6.07) is 9.62. The Hall–Kier alpha value is -1.88. The van der Waals surface area contributed by atoms with Gasteiger partial charge in [0, 0.05) is 25.7 Å². The van der Waals surface area contributed by atoms with Crippen molar-refractivity contribution in [3.8, 4) is 0 Å². The summed E-state index contributed by atoms with van der Waals surface area (Å²) in [7, 11) is 0. The standard InChI is InChI=1S/C17H24N2O3/c1-14-7-5-6-10-19(14)17(22)16(21)18(11-12-20)13-15-8-3-2-4-9-15/h2-4,8-9,14,20H,5-7,10-13H2,1H3. The normalized spacial score (nSPS) is 18.1. The van der Waals surface area contributed by atoms with Crippen molar-refractivity contribution in [3.63, 3.8) is 0 Å². The first kappa shape index (κ1) is 16.5. The smallest absolute Gasteiger partial charge is 0.312 e. The van der Waals surface area contributed by atoms with E-state index in [1.54, 1.807) is 4.90 Å². The van der Waals surface area contributed by atoms with Gasteiger partial charge < -0.3 is 14.9 Å². The second-order valence-electron chi connectivity index (χ2n) is 5.78. The summed E-state index contributed by atoms with van der Waals surface area (Å²) in [6.07, 6.45) is 2.99. The third-order valence-corrected chi connectivity index (χ3v) is 4.12. The van der Waals surface area contributed by atoms with Gasteiger partial charge in [-0.25, -0.2) is 0 Å². The number of nitrogens with zero attached hydrogens (tertiary/aromatic N) is 2. The van der Waals surface area contributed by atoms with E-state index in [0.29, 0.717) is 13.1 Å². The first-order valence-electron chi connectivity index (χ1n) is 7.88. The SMILES string of the molecule is CC1CCCCN1C(=O)C(=O)N(CCO)Cc1ccccc1. The topological polar surface area (TPSA) is 60.9 Å². The first-order chi connectivity index (χ1) is 10.6. The van der Waals surface area contributed by atoms with Crippen molar-refractivity contribution in [2.45, 2.75) is 38.8 Å². The molecule has 1 N–H and O–H groups in total. The Bertz CT molecular complexity index is 504. The molecule has 5 heteroatoms. The zero-order valence-electron chi connectivity index (χ0n) is 13.1. The second-order valence-corrected chi connectivity index (χ2v) is 5.78. The van der Waals surface area contributed by atoms with E-state index in [2.05, 4.69) is 0 Å². The molecule has 0 spiro atoms. The molecule has 1 aliphatic heterocycles. The Labute approximate surface area is 131 Å². The number of rotatable bonds is 4. The number of carbonyl (C=O) groups excluding carboxylic acids is 2. The number of aliphatic hydroxyl groups is 1. The maximum atomic E-state index is 12.5. The van der Waals surface area contributed by atoms with Crippen molar-refractivity contribution in [2.24, 2.45) is 0 Å². The Kier molecular flexibility index (Phi) is 5.95. The summed E-state index contributed by atoms with van der Waals surface area (Å²) in [5, 5.41) is 9.19. The lowest BCUT2D eigenvalue weighted by molar-refractivity contribution is -0.154. The number of hydrogen-bond donors (Lipinski definition) is 1. The van der Waals surface area contributed by atoms with Crippen LogP contribution < -0.4 is 0 Å². The van der Waals surface area contributed by atoms with Crippen LogP contribution in [0.15, 0.2) is 30.3 Å². The minimum Gasteiger partial charge on any atom is -0.395 e. The molecule has 5 nitrogen and oxygen atoms in total. The molecular formula is C17H24N2O3. The largest absolute Gasteiger partial charge is 0.395 e. The van der Waals surface area contributed by atoms with Gasteiger partial charge in [0.05, 0.1) is 6.61 Å². The van der Waals surface area contributed by atoms with Crippen LogP contribution in [0.5, 0.6) is 0 Å². The lowest BCUT2D eigenvalue weighted by Gasteiger charge is -2.34. The molecule has 0 saturated carbocycles. The number of carbonyl (C=O) groups is 2. The molecule has 1 heterocycles. The monoisotopic (exact) mass is 304 g/mol. The van der Waals surface area contributed by atoms with E-state index in [-0.39, 0.29) is 19.2 Å². The van der Waals surface area contributed by atoms with Gasteiger partial charge in [-0.2, -0.15) is 0 Å². The predicted molar refractivity (Wildman–Crippen MR) is 84.0 cm³/mol. The number of benzene rings is 1. The minimum atomic E-state index is -0.522. The lowest BCUT2D eigenvalue weighted by Crippen LogP contribution is -2.50. The quantitative estimate of drug-likeness (QED) is 0.856. The number of likely N-dealkylation sites (tertiary alicyclic amines) is 1. The molecule has 0 bridgehead atoms. The molecule has 2 rings (SSSR count). The minimum absolute atomic E-state index is 0.109. The van der Waals surface area contributed by atoms with Crippen molar-refractivity contribution in [1.82, 2.24) is 9.80 Å². The molecule has 0 aromatic heterocycles. The Morgan fingerprint density at radius 2 is 2.00 bits per heavy atom. The zero-order valence-corrected chi connectivity index (χ0v) is 13.1. The number of aliphatic hydroxyl groups excluding tert-OH is 1. The third kappa shape index (κ3) is 4.07. The molecule has 22 heavy (non-hydrogen) atoms. The number of hydrogen-bond acceptors (Lipinski definition) is 3. The molecule has 2 amide bonds. The van der Waals surface area contributed by atoms with Gasteiger partial charge in [0.2, 0.25) is 0 Å². The van der Waals surface area contributed by atoms with E-state index >= 15 is 0 Å². The van der Waals surface area contributed by atoms with Gasteiger partial charge in [-0.05, 0) is 31.7 Å². The van der Waals surface area contributed by atoms with Crippen LogP contribution in [0.1, 0.15) is 31.7 Å². The van der Waals surface area contributed by atoms with Gasteiger partial charge in [-0.1, -0.05) is 30.3 Å². The molecule has 0 radical (unpaired) electrons. The van der Waals surface area contributed by atoms with E-state index in [1.165, 1.54) is 4.90 Å². The Morgan fingerprint density at radius 3 is 2.64 bits per heavy atom. The van der Waals surface area contributed by atoms with Crippen LogP contribution in [-0.4, -0.2) is 52.5 Å². The molecule has 1 fully saturated rings. The van der Waals surface area contributed by atoms with E-state index in [0.717, 1.165) is 24.8 Å². The highest BCUT2D eigenvalue weighted by Crippen LogP contribution is 2.17. The van der Waals surface area contributed by atoms with Crippen molar-refractivity contribution in [3.05, 3.63) is 35.9 Å². The average Bonchev–Trinajstić information content (AvgIpc) is 2.54. The molecule has 120 valence electrons. The molecule has 1 unspecified atom stereocenters. The van der Waals surface area contributed by atoms with Crippen LogP contribution in [0, 0.1) is 0 Å². The van der Waals surface area contributed by atoms with Crippen LogP contribution in [0.2, 0.25) is 0 Å². The summed E-state index contributed by atoms with van der Waals surface area (Å²) in [6.45, 7) is 2.99. The summed E-state index contributed by atoms with van der Waals surface area (Å²) >= 11 is 0. The summed E-state index contributed by atoms with van der Waals surface area (Å²) in [5.74, 6) is -0.969. The van der Waals surface area contributed by atoms with Crippen LogP contribution in [0.4, 0.5) is 0 Å². The van der Waals surface area contributed by atoms with E-state index in [1.807, 2.05) is 37.3 Å². The summed E-state index contributed by atoms with van der Waals surface area (Å²) in [4.78, 5) is 28.1. The molecule has 1 aromatic carbocycles. The second kappa shape index (κ2) is 7.94. The van der Waals surface area contributed by atoms with Crippen LogP contribution in [-0.2, 0) is 16.1 Å². The Balaban J connectivity index is 2.06. The van der Waals surface area contributed by atoms with Gasteiger partial charge in [0.1, 0.15) is 0 Å². The maximum absolute atomic E-state index is 12.5. The van der Waals surface area contributed by atoms with Gasteiger partial charge in [-0.3, -0.25) is 9.59 Å². The molecule has 0 aliphatic carbocycles. The highest BCUT2D eigenvalue weighted by molar-refractivity contribution is 6.34. The molecule has 1 atom stereocenters. The van der Waals surface area contributed by atoms with Crippen LogP contribution >= 0.6 is 0 Å². The fourth-order valence-corrected chi connectivity index (χ4v) is 2.83. The van der Waals surface area contributed by atoms with Crippen LogP contribution in [0.25, 0.3) is 0 Å². The number of piperidine rings is 1. The number of amides is 2. The van der Waals surface area contributed by atoms with Crippen molar-refractivity contribution < 1.29 is 14.7 Å². The third-order valence-electron chi connectivity index (χ3n) is 4.12. The molecule has 1 aromatic rings. The van der Waals surface area contributed by atoms with Crippen molar-refractivity contribution in [2.75, 3.05) is 19.7 Å². The van der Waals surface area contributed by atoms with Gasteiger partial charge in [0.25, 0.3) is 0 Å². The van der Waals surface area contributed by atoms with Crippen molar-refractivity contribution >= 4 is 11.8 Å². The molecule has 1 saturated heterocycles. The highest BCUT2D eigenvalue weighted by Gasteiger charge is 2.31.